The van der Waals surface area contributed by atoms with Gasteiger partial charge in [0.2, 0.25) is 5.71 Å². The number of nitrogens with zero attached hydrogens (tertiary/aromatic N) is 3. The van der Waals surface area contributed by atoms with Gasteiger partial charge in [-0.05, 0) is 44.1 Å². The molecule has 0 radical (unpaired) electrons. The standard InChI is InChI=1S/C22H26N3O4/c1-14(2)25-17(10-12-24-25)21-16(7-6-11-23-21)13-29-18-8-9-19(27-4)22(28-5)20(18)15(3)26/h6-9,11-12,14H,10,13H2,1-5H3/q+1. The molecule has 0 saturated carbocycles. The lowest BCUT2D eigenvalue weighted by atomic mass is 10.1. The molecule has 0 atom stereocenters. The molecule has 1 aromatic carbocycles. The first-order valence-corrected chi connectivity index (χ1v) is 9.48. The lowest BCUT2D eigenvalue weighted by molar-refractivity contribution is -0.560. The molecule has 29 heavy (non-hydrogen) atoms. The Hall–Kier alpha value is -3.22. The minimum absolute atomic E-state index is 0.160. The van der Waals surface area contributed by atoms with Crippen LogP contribution in [0.5, 0.6) is 17.2 Å². The van der Waals surface area contributed by atoms with E-state index in [9.17, 15) is 4.79 Å². The molecule has 0 fully saturated rings. The van der Waals surface area contributed by atoms with Crippen LogP contribution in [0.15, 0.2) is 35.6 Å². The van der Waals surface area contributed by atoms with E-state index >= 15 is 0 Å². The lowest BCUT2D eigenvalue weighted by Gasteiger charge is -2.16. The van der Waals surface area contributed by atoms with Gasteiger partial charge < -0.3 is 14.2 Å². The summed E-state index contributed by atoms with van der Waals surface area (Å²) in [5.41, 5.74) is 3.17. The number of ketones is 1. The van der Waals surface area contributed by atoms with Crippen molar-refractivity contribution in [3.63, 3.8) is 0 Å². The first kappa shape index (κ1) is 20.5. The van der Waals surface area contributed by atoms with Gasteiger partial charge >= 0.3 is 0 Å². The van der Waals surface area contributed by atoms with Crippen molar-refractivity contribution >= 4 is 17.7 Å². The van der Waals surface area contributed by atoms with Crippen LogP contribution in [0, 0.1) is 0 Å². The Balaban J connectivity index is 1.95. The number of methoxy groups -OCH3 is 2. The number of aromatic nitrogens is 1. The maximum Gasteiger partial charge on any atom is 0.240 e. The molecule has 0 saturated heterocycles. The van der Waals surface area contributed by atoms with Gasteiger partial charge in [-0.1, -0.05) is 10.8 Å². The van der Waals surface area contributed by atoms with Crippen molar-refractivity contribution in [3.05, 3.63) is 47.3 Å². The van der Waals surface area contributed by atoms with Crippen molar-refractivity contribution < 1.29 is 23.7 Å². The zero-order valence-corrected chi connectivity index (χ0v) is 17.4. The fourth-order valence-corrected chi connectivity index (χ4v) is 3.36. The highest BCUT2D eigenvalue weighted by molar-refractivity contribution is 6.05. The van der Waals surface area contributed by atoms with Gasteiger partial charge in [0, 0.05) is 11.8 Å². The molecule has 0 spiro atoms. The third kappa shape index (κ3) is 4.13. The predicted molar refractivity (Wildman–Crippen MR) is 111 cm³/mol. The Morgan fingerprint density at radius 1 is 1.17 bits per heavy atom. The molecule has 2 aromatic rings. The first-order chi connectivity index (χ1) is 14.0. The van der Waals surface area contributed by atoms with Crippen LogP contribution >= 0.6 is 0 Å². The lowest BCUT2D eigenvalue weighted by Crippen LogP contribution is -2.22. The molecule has 0 unspecified atom stereocenters. The highest BCUT2D eigenvalue weighted by Crippen LogP contribution is 2.38. The summed E-state index contributed by atoms with van der Waals surface area (Å²) >= 11 is 0. The highest BCUT2D eigenvalue weighted by Gasteiger charge is 2.28. The summed E-state index contributed by atoms with van der Waals surface area (Å²) < 4.78 is 18.7. The molecule has 1 aromatic heterocycles. The molecule has 1 aliphatic heterocycles. The van der Waals surface area contributed by atoms with Crippen molar-refractivity contribution in [2.24, 2.45) is 5.10 Å². The number of benzene rings is 1. The largest absolute Gasteiger partial charge is 0.493 e. The molecule has 0 amide bonds. The fourth-order valence-electron chi connectivity index (χ4n) is 3.36. The van der Waals surface area contributed by atoms with Crippen LogP contribution in [0.2, 0.25) is 0 Å². The highest BCUT2D eigenvalue weighted by atomic mass is 16.5. The Morgan fingerprint density at radius 3 is 2.59 bits per heavy atom. The average Bonchev–Trinajstić information content (AvgIpc) is 3.21. The van der Waals surface area contributed by atoms with Gasteiger partial charge in [-0.2, -0.15) is 0 Å². The van der Waals surface area contributed by atoms with Gasteiger partial charge in [-0.15, -0.1) is 0 Å². The molecule has 1 aliphatic rings. The van der Waals surface area contributed by atoms with Crippen molar-refractivity contribution in [1.82, 2.24) is 4.98 Å². The molecule has 152 valence electrons. The number of Topliss-reactive ketones (excluding diaryl/α,β-unsaturated/α-hetero) is 1. The molecular weight excluding hydrogens is 370 g/mol. The van der Waals surface area contributed by atoms with E-state index in [-0.39, 0.29) is 18.4 Å². The third-order valence-electron chi connectivity index (χ3n) is 4.66. The maximum atomic E-state index is 12.3. The average molecular weight is 396 g/mol. The van der Waals surface area contributed by atoms with Crippen LogP contribution in [0.1, 0.15) is 48.8 Å². The number of ether oxygens (including phenoxy) is 3. The molecule has 3 rings (SSSR count). The number of carbonyl (C=O) groups excluding carboxylic acids is 1. The smallest absolute Gasteiger partial charge is 0.240 e. The summed E-state index contributed by atoms with van der Waals surface area (Å²) in [6, 6.07) is 7.53. The van der Waals surface area contributed by atoms with Crippen LogP contribution in [0.25, 0.3) is 0 Å². The second kappa shape index (κ2) is 8.86. The fraction of sp³-hybridized carbons (Fsp3) is 0.364. The monoisotopic (exact) mass is 396 g/mol. The molecule has 0 bridgehead atoms. The molecule has 0 aliphatic carbocycles. The molecule has 7 nitrogen and oxygen atoms in total. The van der Waals surface area contributed by atoms with Crippen LogP contribution in [0.3, 0.4) is 0 Å². The summed E-state index contributed by atoms with van der Waals surface area (Å²) in [7, 11) is 3.04. The van der Waals surface area contributed by atoms with Gasteiger partial charge in [-0.25, -0.2) is 4.98 Å². The van der Waals surface area contributed by atoms with Crippen LogP contribution in [-0.4, -0.2) is 47.6 Å². The zero-order chi connectivity index (χ0) is 21.0. The molecule has 7 heteroatoms. The van der Waals surface area contributed by atoms with E-state index in [2.05, 4.69) is 23.9 Å². The molecular formula is C22H26N3O4+. The van der Waals surface area contributed by atoms with Crippen molar-refractivity contribution in [2.45, 2.75) is 39.8 Å². The van der Waals surface area contributed by atoms with Crippen LogP contribution in [0.4, 0.5) is 0 Å². The topological polar surface area (TPSA) is 73.0 Å². The van der Waals surface area contributed by atoms with E-state index in [0.29, 0.717) is 22.8 Å². The maximum absolute atomic E-state index is 12.3. The van der Waals surface area contributed by atoms with E-state index < -0.39 is 0 Å². The summed E-state index contributed by atoms with van der Waals surface area (Å²) in [6.45, 7) is 5.91. The number of hydrazone groups is 1. The van der Waals surface area contributed by atoms with Crippen LogP contribution < -0.4 is 14.2 Å². The van der Waals surface area contributed by atoms with Gasteiger partial charge in [0.25, 0.3) is 0 Å². The van der Waals surface area contributed by atoms with E-state index in [0.717, 1.165) is 23.4 Å². The quantitative estimate of drug-likeness (QED) is 0.505. The number of pyridine rings is 1. The zero-order valence-electron chi connectivity index (χ0n) is 17.4. The van der Waals surface area contributed by atoms with Gasteiger partial charge in [0.1, 0.15) is 23.6 Å². The van der Waals surface area contributed by atoms with E-state index in [1.807, 2.05) is 23.0 Å². The Kier molecular flexibility index (Phi) is 6.26. The number of hydrogen-bond donors (Lipinski definition) is 0. The number of rotatable bonds is 8. The van der Waals surface area contributed by atoms with Gasteiger partial charge in [0.15, 0.2) is 23.3 Å². The normalized spacial score (nSPS) is 13.2. The van der Waals surface area contributed by atoms with Crippen molar-refractivity contribution in [1.29, 1.82) is 0 Å². The predicted octanol–water partition coefficient (Wildman–Crippen LogP) is 3.48. The van der Waals surface area contributed by atoms with Gasteiger partial charge in [-0.3, -0.25) is 4.79 Å². The Labute approximate surface area is 170 Å². The Morgan fingerprint density at radius 2 is 1.93 bits per heavy atom. The van der Waals surface area contributed by atoms with E-state index in [1.165, 1.54) is 21.1 Å². The minimum Gasteiger partial charge on any atom is -0.493 e. The van der Waals surface area contributed by atoms with Gasteiger partial charge in [0.05, 0.1) is 26.9 Å². The second-order valence-electron chi connectivity index (χ2n) is 6.92. The summed E-state index contributed by atoms with van der Waals surface area (Å²) in [6.07, 6.45) is 4.37. The minimum atomic E-state index is -0.160. The summed E-state index contributed by atoms with van der Waals surface area (Å²) in [4.78, 5) is 16.8. The van der Waals surface area contributed by atoms with E-state index in [1.54, 1.807) is 18.3 Å². The number of hydrogen-bond acceptors (Lipinski definition) is 6. The molecule has 2 heterocycles. The molecule has 0 N–H and O–H groups in total. The summed E-state index contributed by atoms with van der Waals surface area (Å²) in [5.74, 6) is 1.14. The first-order valence-electron chi connectivity index (χ1n) is 9.48. The van der Waals surface area contributed by atoms with Crippen LogP contribution in [-0.2, 0) is 6.61 Å². The van der Waals surface area contributed by atoms with Crippen molar-refractivity contribution in [3.8, 4) is 17.2 Å². The SMILES string of the molecule is COc1ccc(OCc2cccnc2C2=[N+](C(C)C)N=CC2)c(C(C)=O)c1OC. The summed E-state index contributed by atoms with van der Waals surface area (Å²) in [5, 5.41) is 4.45. The number of carbonyl (C=O) groups is 1. The Bertz CT molecular complexity index is 980. The third-order valence-corrected chi connectivity index (χ3v) is 4.66. The van der Waals surface area contributed by atoms with Crippen molar-refractivity contribution in [2.75, 3.05) is 14.2 Å². The van der Waals surface area contributed by atoms with E-state index in [4.69, 9.17) is 14.2 Å². The second-order valence-corrected chi connectivity index (χ2v) is 6.92.